The summed E-state index contributed by atoms with van der Waals surface area (Å²) in [4.78, 5) is 23.4. The fourth-order valence-corrected chi connectivity index (χ4v) is 4.06. The fourth-order valence-electron chi connectivity index (χ4n) is 4.06. The van der Waals surface area contributed by atoms with Crippen LogP contribution in [0.3, 0.4) is 0 Å². The first-order valence-electron chi connectivity index (χ1n) is 11.3. The number of amides is 2. The standard InChI is InChI=1S/C24H31N7O2/c1-16-21(22(33-30-16)18-7-5-4-6-8-18)29-24(32)26-15-17-9-11-19(12-10-17)27-23-25-14-13-20(28-23)31(2)3/h4-8,13-14,17,19H,9-12,15H2,1-3H3,(H,25,27,28)(H2,26,29,32)/t17-,19+. The van der Waals surface area contributed by atoms with Crippen LogP contribution in [0.1, 0.15) is 31.4 Å². The Balaban J connectivity index is 1.24. The van der Waals surface area contributed by atoms with E-state index < -0.39 is 0 Å². The van der Waals surface area contributed by atoms with Crippen LogP contribution in [-0.2, 0) is 0 Å². The molecule has 0 unspecified atom stereocenters. The number of rotatable bonds is 7. The van der Waals surface area contributed by atoms with Crippen LogP contribution in [0.15, 0.2) is 47.1 Å². The topological polar surface area (TPSA) is 108 Å². The largest absolute Gasteiger partial charge is 0.363 e. The number of urea groups is 1. The summed E-state index contributed by atoms with van der Waals surface area (Å²) in [7, 11) is 3.93. The summed E-state index contributed by atoms with van der Waals surface area (Å²) in [5.41, 5.74) is 2.13. The fraction of sp³-hybridized carbons (Fsp3) is 0.417. The SMILES string of the molecule is Cc1noc(-c2ccccc2)c1NC(=O)NC[C@H]1CC[C@@H](Nc2nccc(N(C)C)n2)CC1. The maximum atomic E-state index is 12.6. The van der Waals surface area contributed by atoms with E-state index in [1.165, 1.54) is 0 Å². The number of anilines is 3. The minimum atomic E-state index is -0.243. The Kier molecular flexibility index (Phi) is 7.07. The molecule has 1 aliphatic rings. The van der Waals surface area contributed by atoms with E-state index in [0.717, 1.165) is 37.1 Å². The van der Waals surface area contributed by atoms with Crippen molar-refractivity contribution in [1.82, 2.24) is 20.4 Å². The van der Waals surface area contributed by atoms with E-state index in [0.29, 0.717) is 41.6 Å². The molecule has 0 radical (unpaired) electrons. The van der Waals surface area contributed by atoms with Crippen molar-refractivity contribution < 1.29 is 9.32 Å². The van der Waals surface area contributed by atoms with Gasteiger partial charge in [-0.15, -0.1) is 0 Å². The molecule has 2 amide bonds. The van der Waals surface area contributed by atoms with Crippen molar-refractivity contribution in [2.75, 3.05) is 36.2 Å². The highest BCUT2D eigenvalue weighted by atomic mass is 16.5. The molecule has 1 aliphatic carbocycles. The summed E-state index contributed by atoms with van der Waals surface area (Å²) >= 11 is 0. The van der Waals surface area contributed by atoms with Gasteiger partial charge in [0, 0.05) is 38.4 Å². The van der Waals surface area contributed by atoms with Gasteiger partial charge in [-0.05, 0) is 44.6 Å². The van der Waals surface area contributed by atoms with E-state index in [9.17, 15) is 4.79 Å². The highest BCUT2D eigenvalue weighted by molar-refractivity contribution is 5.93. The lowest BCUT2D eigenvalue weighted by atomic mass is 9.86. The third kappa shape index (κ3) is 5.79. The molecule has 3 N–H and O–H groups in total. The molecular formula is C24H31N7O2. The van der Waals surface area contributed by atoms with Crippen molar-refractivity contribution in [1.29, 1.82) is 0 Å². The second-order valence-electron chi connectivity index (χ2n) is 8.67. The minimum Gasteiger partial charge on any atom is -0.363 e. The highest BCUT2D eigenvalue weighted by Crippen LogP contribution is 2.31. The highest BCUT2D eigenvalue weighted by Gasteiger charge is 2.23. The van der Waals surface area contributed by atoms with Crippen LogP contribution < -0.4 is 20.9 Å². The first-order chi connectivity index (χ1) is 16.0. The molecule has 174 valence electrons. The molecule has 9 heteroatoms. The summed E-state index contributed by atoms with van der Waals surface area (Å²) in [5.74, 6) is 2.56. The molecule has 1 aromatic carbocycles. The van der Waals surface area contributed by atoms with Crippen LogP contribution in [0.25, 0.3) is 11.3 Å². The van der Waals surface area contributed by atoms with Crippen molar-refractivity contribution in [3.8, 4) is 11.3 Å². The first-order valence-corrected chi connectivity index (χ1v) is 11.3. The van der Waals surface area contributed by atoms with Gasteiger partial charge in [-0.1, -0.05) is 35.5 Å². The van der Waals surface area contributed by atoms with Gasteiger partial charge in [0.1, 0.15) is 17.2 Å². The molecule has 1 fully saturated rings. The Bertz CT molecular complexity index is 1060. The zero-order valence-electron chi connectivity index (χ0n) is 19.3. The molecule has 0 atom stereocenters. The van der Waals surface area contributed by atoms with Crippen molar-refractivity contribution >= 4 is 23.5 Å². The normalized spacial score (nSPS) is 17.9. The van der Waals surface area contributed by atoms with E-state index in [-0.39, 0.29) is 6.03 Å². The summed E-state index contributed by atoms with van der Waals surface area (Å²) in [6, 6.07) is 11.6. The van der Waals surface area contributed by atoms with Gasteiger partial charge in [0.25, 0.3) is 0 Å². The monoisotopic (exact) mass is 449 g/mol. The number of aryl methyl sites for hydroxylation is 1. The zero-order chi connectivity index (χ0) is 23.2. The number of hydrogen-bond acceptors (Lipinski definition) is 7. The number of carbonyl (C=O) groups is 1. The van der Waals surface area contributed by atoms with E-state index in [1.807, 2.05) is 62.3 Å². The van der Waals surface area contributed by atoms with Gasteiger partial charge >= 0.3 is 6.03 Å². The maximum Gasteiger partial charge on any atom is 0.319 e. The third-order valence-electron chi connectivity index (χ3n) is 5.97. The second-order valence-corrected chi connectivity index (χ2v) is 8.67. The summed E-state index contributed by atoms with van der Waals surface area (Å²) < 4.78 is 5.45. The Morgan fingerprint density at radius 2 is 1.88 bits per heavy atom. The summed E-state index contributed by atoms with van der Waals surface area (Å²) in [5, 5.41) is 13.4. The van der Waals surface area contributed by atoms with E-state index in [2.05, 4.69) is 31.1 Å². The predicted octanol–water partition coefficient (Wildman–Crippen LogP) is 4.30. The molecule has 2 aromatic heterocycles. The van der Waals surface area contributed by atoms with Gasteiger partial charge in [0.05, 0.1) is 0 Å². The number of nitrogens with zero attached hydrogens (tertiary/aromatic N) is 4. The molecule has 0 aliphatic heterocycles. The van der Waals surface area contributed by atoms with Gasteiger partial charge in [-0.3, -0.25) is 0 Å². The maximum absolute atomic E-state index is 12.6. The molecule has 4 rings (SSSR count). The summed E-state index contributed by atoms with van der Waals surface area (Å²) in [6.07, 6.45) is 5.89. The van der Waals surface area contributed by atoms with Crippen molar-refractivity contribution in [3.05, 3.63) is 48.3 Å². The number of hydrogen-bond donors (Lipinski definition) is 3. The predicted molar refractivity (Wildman–Crippen MR) is 129 cm³/mol. The van der Waals surface area contributed by atoms with Gasteiger partial charge < -0.3 is 25.4 Å². The van der Waals surface area contributed by atoms with Crippen molar-refractivity contribution in [3.63, 3.8) is 0 Å². The molecular weight excluding hydrogens is 418 g/mol. The Labute approximate surface area is 194 Å². The number of nitrogens with one attached hydrogen (secondary N) is 3. The minimum absolute atomic E-state index is 0.243. The van der Waals surface area contributed by atoms with Crippen LogP contribution in [0.5, 0.6) is 0 Å². The van der Waals surface area contributed by atoms with Gasteiger partial charge in [-0.25, -0.2) is 9.78 Å². The molecule has 0 spiro atoms. The average molecular weight is 450 g/mol. The first kappa shape index (κ1) is 22.6. The van der Waals surface area contributed by atoms with Crippen molar-refractivity contribution in [2.24, 2.45) is 5.92 Å². The van der Waals surface area contributed by atoms with Crippen LogP contribution in [0.2, 0.25) is 0 Å². The summed E-state index contributed by atoms with van der Waals surface area (Å²) in [6.45, 7) is 2.45. The third-order valence-corrected chi connectivity index (χ3v) is 5.97. The lowest BCUT2D eigenvalue weighted by Gasteiger charge is -2.29. The van der Waals surface area contributed by atoms with E-state index >= 15 is 0 Å². The van der Waals surface area contributed by atoms with E-state index in [1.54, 1.807) is 6.20 Å². The number of carbonyl (C=O) groups excluding carboxylic acids is 1. The molecule has 9 nitrogen and oxygen atoms in total. The van der Waals surface area contributed by atoms with Crippen LogP contribution in [-0.4, -0.2) is 47.8 Å². The lowest BCUT2D eigenvalue weighted by Crippen LogP contribution is -2.36. The van der Waals surface area contributed by atoms with Crippen LogP contribution in [0.4, 0.5) is 22.2 Å². The van der Waals surface area contributed by atoms with Crippen molar-refractivity contribution in [2.45, 2.75) is 38.6 Å². The molecule has 33 heavy (non-hydrogen) atoms. The van der Waals surface area contributed by atoms with Crippen LogP contribution >= 0.6 is 0 Å². The molecule has 0 bridgehead atoms. The van der Waals surface area contributed by atoms with E-state index in [4.69, 9.17) is 4.52 Å². The smallest absolute Gasteiger partial charge is 0.319 e. The molecule has 2 heterocycles. The molecule has 1 saturated carbocycles. The van der Waals surface area contributed by atoms with Gasteiger partial charge in [0.15, 0.2) is 5.76 Å². The lowest BCUT2D eigenvalue weighted by molar-refractivity contribution is 0.246. The molecule has 3 aromatic rings. The Morgan fingerprint density at radius 3 is 2.61 bits per heavy atom. The van der Waals surface area contributed by atoms with Gasteiger partial charge in [-0.2, -0.15) is 4.98 Å². The number of benzene rings is 1. The Morgan fingerprint density at radius 1 is 1.12 bits per heavy atom. The van der Waals surface area contributed by atoms with Gasteiger partial charge in [0.2, 0.25) is 5.95 Å². The number of aromatic nitrogens is 3. The quantitative estimate of drug-likeness (QED) is 0.493. The second kappa shape index (κ2) is 10.3. The average Bonchev–Trinajstić information content (AvgIpc) is 3.19. The zero-order valence-corrected chi connectivity index (χ0v) is 19.3. The van der Waals surface area contributed by atoms with Crippen LogP contribution in [0, 0.1) is 12.8 Å². The Hall–Kier alpha value is -3.62. The molecule has 0 saturated heterocycles.